The molecule has 2 saturated carbocycles. The van der Waals surface area contributed by atoms with Gasteiger partial charge in [-0.25, -0.2) is 0 Å². The highest BCUT2D eigenvalue weighted by Crippen LogP contribution is 2.43. The molecule has 4 aliphatic rings. The van der Waals surface area contributed by atoms with Crippen LogP contribution in [0.1, 0.15) is 50.0 Å². The Morgan fingerprint density at radius 1 is 1.13 bits per heavy atom. The van der Waals surface area contributed by atoms with Crippen molar-refractivity contribution in [2.75, 3.05) is 30.9 Å². The number of nitrogens with two attached hydrogens (primary N) is 1. The van der Waals surface area contributed by atoms with Gasteiger partial charge in [-0.05, 0) is 75.1 Å². The lowest BCUT2D eigenvalue weighted by Crippen LogP contribution is -2.48. The standard InChI is InChI=1S/C23H37N5O3/c1-28(11-19-21(29)22(30)23(31-19)25-12-24)16-8-13(9-16)2-7-20-26-17-6-5-15(14-3-4-14)10-18(17)27-20/h5-6,10,13-14,16,19-23,25-27,29-30H,2-4,7-9,11-12,24H2,1H3/t13-,16+,19-,20?,21-,22-,23-/m1/s1. The molecule has 3 fully saturated rings. The quantitative estimate of drug-likeness (QED) is 0.323. The second kappa shape index (κ2) is 8.84. The van der Waals surface area contributed by atoms with E-state index in [-0.39, 0.29) is 6.67 Å². The first-order chi connectivity index (χ1) is 15.0. The zero-order valence-corrected chi connectivity index (χ0v) is 18.3. The minimum Gasteiger partial charge on any atom is -0.387 e. The summed E-state index contributed by atoms with van der Waals surface area (Å²) in [6.45, 7) is 0.821. The van der Waals surface area contributed by atoms with Crippen molar-refractivity contribution in [1.82, 2.24) is 10.2 Å². The summed E-state index contributed by atoms with van der Waals surface area (Å²) in [5.74, 6) is 1.53. The van der Waals surface area contributed by atoms with E-state index in [4.69, 9.17) is 10.5 Å². The highest BCUT2D eigenvalue weighted by molar-refractivity contribution is 5.75. The Morgan fingerprint density at radius 3 is 2.65 bits per heavy atom. The maximum Gasteiger partial charge on any atom is 0.138 e. The van der Waals surface area contributed by atoms with Crippen LogP contribution < -0.4 is 21.7 Å². The van der Waals surface area contributed by atoms with E-state index >= 15 is 0 Å². The molecule has 8 nitrogen and oxygen atoms in total. The van der Waals surface area contributed by atoms with E-state index in [1.165, 1.54) is 49.0 Å². The Hall–Kier alpha value is -1.42. The Balaban J connectivity index is 1.02. The summed E-state index contributed by atoms with van der Waals surface area (Å²) >= 11 is 0. The molecular formula is C23H37N5O3. The average molecular weight is 432 g/mol. The minimum atomic E-state index is -0.938. The molecule has 2 heterocycles. The van der Waals surface area contributed by atoms with E-state index in [0.29, 0.717) is 18.8 Å². The Labute approximate surface area is 184 Å². The molecule has 0 radical (unpaired) electrons. The first-order valence-corrected chi connectivity index (χ1v) is 11.8. The van der Waals surface area contributed by atoms with Gasteiger partial charge in [-0.3, -0.25) is 5.32 Å². The van der Waals surface area contributed by atoms with Gasteiger partial charge in [-0.2, -0.15) is 0 Å². The maximum absolute atomic E-state index is 10.3. The number of hydrogen-bond acceptors (Lipinski definition) is 8. The predicted molar refractivity (Wildman–Crippen MR) is 121 cm³/mol. The number of nitrogens with zero attached hydrogens (tertiary/aromatic N) is 1. The highest BCUT2D eigenvalue weighted by atomic mass is 16.6. The molecule has 2 aliphatic carbocycles. The van der Waals surface area contributed by atoms with Crippen molar-refractivity contribution in [3.05, 3.63) is 23.8 Å². The lowest BCUT2D eigenvalue weighted by molar-refractivity contribution is -0.0348. The fourth-order valence-corrected chi connectivity index (χ4v) is 5.35. The van der Waals surface area contributed by atoms with Gasteiger partial charge in [0.05, 0.1) is 17.5 Å². The molecule has 1 unspecified atom stereocenters. The summed E-state index contributed by atoms with van der Waals surface area (Å²) in [5.41, 5.74) is 9.45. The van der Waals surface area contributed by atoms with E-state index in [2.05, 4.69) is 46.1 Å². The molecule has 7 N–H and O–H groups in total. The van der Waals surface area contributed by atoms with Crippen LogP contribution in [0.25, 0.3) is 0 Å². The third kappa shape index (κ3) is 4.55. The van der Waals surface area contributed by atoms with Crippen LogP contribution in [-0.2, 0) is 4.74 Å². The smallest absolute Gasteiger partial charge is 0.138 e. The number of hydrogen-bond donors (Lipinski definition) is 6. The molecule has 172 valence electrons. The lowest BCUT2D eigenvalue weighted by atomic mass is 9.76. The topological polar surface area (TPSA) is 115 Å². The highest BCUT2D eigenvalue weighted by Gasteiger charge is 2.44. The van der Waals surface area contributed by atoms with Crippen LogP contribution in [0, 0.1) is 5.92 Å². The summed E-state index contributed by atoms with van der Waals surface area (Å²) in [6.07, 6.45) is 4.88. The minimum absolute atomic E-state index is 0.207. The van der Waals surface area contributed by atoms with Crippen molar-refractivity contribution in [2.24, 2.45) is 11.7 Å². The fourth-order valence-electron chi connectivity index (χ4n) is 5.35. The summed E-state index contributed by atoms with van der Waals surface area (Å²) in [6, 6.07) is 7.35. The first-order valence-electron chi connectivity index (χ1n) is 11.8. The van der Waals surface area contributed by atoms with Crippen molar-refractivity contribution in [2.45, 2.75) is 81.2 Å². The number of aliphatic hydroxyl groups excluding tert-OH is 2. The summed E-state index contributed by atoms with van der Waals surface area (Å²) < 4.78 is 5.77. The normalized spacial score (nSPS) is 36.7. The molecular weight excluding hydrogens is 394 g/mol. The van der Waals surface area contributed by atoms with Crippen molar-refractivity contribution in [3.63, 3.8) is 0 Å². The van der Waals surface area contributed by atoms with E-state index in [1.807, 2.05) is 0 Å². The van der Waals surface area contributed by atoms with Gasteiger partial charge < -0.3 is 36.2 Å². The van der Waals surface area contributed by atoms with Crippen molar-refractivity contribution in [1.29, 1.82) is 0 Å². The van der Waals surface area contributed by atoms with Crippen molar-refractivity contribution < 1.29 is 14.9 Å². The largest absolute Gasteiger partial charge is 0.387 e. The van der Waals surface area contributed by atoms with Gasteiger partial charge in [-0.1, -0.05) is 6.07 Å². The van der Waals surface area contributed by atoms with Crippen LogP contribution in [0.4, 0.5) is 11.4 Å². The summed E-state index contributed by atoms with van der Waals surface area (Å²) in [4.78, 5) is 2.27. The van der Waals surface area contributed by atoms with E-state index in [1.54, 1.807) is 0 Å². The number of nitrogens with one attached hydrogen (secondary N) is 3. The first kappa shape index (κ1) is 21.4. The van der Waals surface area contributed by atoms with Gasteiger partial charge in [0.25, 0.3) is 0 Å². The van der Waals surface area contributed by atoms with Crippen LogP contribution in [0.5, 0.6) is 0 Å². The average Bonchev–Trinajstić information content (AvgIpc) is 3.44. The third-order valence-electron chi connectivity index (χ3n) is 7.60. The van der Waals surface area contributed by atoms with E-state index in [0.717, 1.165) is 18.3 Å². The van der Waals surface area contributed by atoms with E-state index in [9.17, 15) is 10.2 Å². The van der Waals surface area contributed by atoms with Gasteiger partial charge in [-0.15, -0.1) is 0 Å². The number of ether oxygens (including phenoxy) is 1. The van der Waals surface area contributed by atoms with Crippen LogP contribution in [0.3, 0.4) is 0 Å². The summed E-state index contributed by atoms with van der Waals surface area (Å²) in [5, 5.41) is 30.5. The number of aliphatic hydroxyl groups is 2. The second-order valence-electron chi connectivity index (χ2n) is 9.91. The molecule has 5 rings (SSSR count). The molecule has 1 aromatic carbocycles. The molecule has 0 aromatic heterocycles. The molecule has 0 amide bonds. The Kier molecular flexibility index (Phi) is 6.11. The molecule has 1 saturated heterocycles. The zero-order chi connectivity index (χ0) is 21.5. The monoisotopic (exact) mass is 431 g/mol. The molecule has 2 aliphatic heterocycles. The number of benzene rings is 1. The molecule has 0 spiro atoms. The Morgan fingerprint density at radius 2 is 1.90 bits per heavy atom. The third-order valence-corrected chi connectivity index (χ3v) is 7.60. The second-order valence-corrected chi connectivity index (χ2v) is 9.91. The molecule has 5 atom stereocenters. The van der Waals surface area contributed by atoms with Crippen LogP contribution in [0.15, 0.2) is 18.2 Å². The zero-order valence-electron chi connectivity index (χ0n) is 18.3. The Bertz CT molecular complexity index is 770. The fraction of sp³-hybridized carbons (Fsp3) is 0.739. The van der Waals surface area contributed by atoms with Crippen LogP contribution in [-0.4, -0.2) is 72.1 Å². The number of rotatable bonds is 9. The lowest BCUT2D eigenvalue weighted by Gasteiger charge is -2.42. The predicted octanol–water partition coefficient (Wildman–Crippen LogP) is 1.17. The van der Waals surface area contributed by atoms with Gasteiger partial charge in [0.2, 0.25) is 0 Å². The molecule has 0 bridgehead atoms. The molecule has 8 heteroatoms. The summed E-state index contributed by atoms with van der Waals surface area (Å²) in [7, 11) is 2.08. The molecule has 1 aromatic rings. The number of likely N-dealkylation sites (N-methyl/N-ethyl adjacent to an activating group) is 1. The van der Waals surface area contributed by atoms with Crippen LogP contribution in [0.2, 0.25) is 0 Å². The van der Waals surface area contributed by atoms with Crippen LogP contribution >= 0.6 is 0 Å². The van der Waals surface area contributed by atoms with Crippen molar-refractivity contribution in [3.8, 4) is 0 Å². The molecule has 31 heavy (non-hydrogen) atoms. The van der Waals surface area contributed by atoms with E-state index < -0.39 is 24.5 Å². The van der Waals surface area contributed by atoms with Gasteiger partial charge >= 0.3 is 0 Å². The SMILES string of the molecule is CN(C[C@H]1O[C@@H](NCN)[C@H](O)[C@@H]1O)[C@H]1C[C@@H](CCC2Nc3ccc(C4CC4)cc3N2)C1. The maximum atomic E-state index is 10.3. The van der Waals surface area contributed by atoms with Gasteiger partial charge in [0.15, 0.2) is 0 Å². The van der Waals surface area contributed by atoms with Gasteiger partial charge in [0, 0.05) is 19.3 Å². The number of anilines is 2. The van der Waals surface area contributed by atoms with Crippen molar-refractivity contribution >= 4 is 11.4 Å². The number of fused-ring (bicyclic) bond motifs is 1. The van der Waals surface area contributed by atoms with Gasteiger partial charge in [0.1, 0.15) is 24.5 Å².